The van der Waals surface area contributed by atoms with Crippen molar-refractivity contribution in [3.8, 4) is 0 Å². The Morgan fingerprint density at radius 1 is 1.23 bits per heavy atom. The van der Waals surface area contributed by atoms with Crippen LogP contribution in [0.4, 0.5) is 5.69 Å². The standard InChI is InChI=1S/C19H20N2O4S/c1-13-6-8-14(9-7-13)20-17(22)12-25-19(24)15-4-2-10-21(15)18(23)16-5-3-11-26-16/h3,5-9,11,15H,2,4,10,12H2,1H3,(H,20,22). The minimum atomic E-state index is -0.628. The summed E-state index contributed by atoms with van der Waals surface area (Å²) in [7, 11) is 0. The van der Waals surface area contributed by atoms with Gasteiger partial charge in [-0.2, -0.15) is 0 Å². The summed E-state index contributed by atoms with van der Waals surface area (Å²) in [6, 6.07) is 10.2. The summed E-state index contributed by atoms with van der Waals surface area (Å²) < 4.78 is 5.14. The van der Waals surface area contributed by atoms with Gasteiger partial charge < -0.3 is 15.0 Å². The second-order valence-electron chi connectivity index (χ2n) is 6.16. The first-order chi connectivity index (χ1) is 12.5. The second-order valence-corrected chi connectivity index (χ2v) is 7.10. The molecule has 7 heteroatoms. The summed E-state index contributed by atoms with van der Waals surface area (Å²) in [5.74, 6) is -1.11. The number of nitrogens with zero attached hydrogens (tertiary/aromatic N) is 1. The van der Waals surface area contributed by atoms with Gasteiger partial charge in [0, 0.05) is 12.2 Å². The molecule has 1 atom stereocenters. The Bertz CT molecular complexity index is 786. The molecule has 3 rings (SSSR count). The van der Waals surface area contributed by atoms with E-state index in [9.17, 15) is 14.4 Å². The Morgan fingerprint density at radius 3 is 2.69 bits per heavy atom. The van der Waals surface area contributed by atoms with E-state index in [-0.39, 0.29) is 12.5 Å². The van der Waals surface area contributed by atoms with Gasteiger partial charge in [0.1, 0.15) is 6.04 Å². The molecule has 1 aromatic carbocycles. The number of rotatable bonds is 5. The van der Waals surface area contributed by atoms with Crippen LogP contribution < -0.4 is 5.32 Å². The number of esters is 1. The lowest BCUT2D eigenvalue weighted by Gasteiger charge is -2.22. The van der Waals surface area contributed by atoms with Crippen LogP contribution in [0.25, 0.3) is 0 Å². The predicted molar refractivity (Wildman–Crippen MR) is 99.1 cm³/mol. The van der Waals surface area contributed by atoms with Crippen molar-refractivity contribution in [1.82, 2.24) is 4.90 Å². The molecular weight excluding hydrogens is 352 g/mol. The maximum Gasteiger partial charge on any atom is 0.329 e. The normalized spacial score (nSPS) is 16.3. The minimum Gasteiger partial charge on any atom is -0.454 e. The molecular formula is C19H20N2O4S. The van der Waals surface area contributed by atoms with Crippen molar-refractivity contribution in [3.63, 3.8) is 0 Å². The van der Waals surface area contributed by atoms with E-state index in [0.717, 1.165) is 12.0 Å². The largest absolute Gasteiger partial charge is 0.454 e. The molecule has 1 aliphatic rings. The summed E-state index contributed by atoms with van der Waals surface area (Å²) in [5.41, 5.74) is 1.73. The summed E-state index contributed by atoms with van der Waals surface area (Å²) in [6.07, 6.45) is 1.29. The molecule has 2 heterocycles. The van der Waals surface area contributed by atoms with Crippen LogP contribution in [0.5, 0.6) is 0 Å². The average molecular weight is 372 g/mol. The Hall–Kier alpha value is -2.67. The summed E-state index contributed by atoms with van der Waals surface area (Å²) in [5, 5.41) is 4.50. The quantitative estimate of drug-likeness (QED) is 0.819. The highest BCUT2D eigenvalue weighted by molar-refractivity contribution is 7.12. The van der Waals surface area contributed by atoms with Crippen molar-refractivity contribution < 1.29 is 19.1 Å². The molecule has 136 valence electrons. The zero-order valence-corrected chi connectivity index (χ0v) is 15.3. The molecule has 0 radical (unpaired) electrons. The van der Waals surface area contributed by atoms with Gasteiger partial charge in [0.2, 0.25) is 0 Å². The number of carbonyl (C=O) groups excluding carboxylic acids is 3. The lowest BCUT2D eigenvalue weighted by molar-refractivity contribution is -0.151. The van der Waals surface area contributed by atoms with Crippen molar-refractivity contribution in [2.75, 3.05) is 18.5 Å². The fraction of sp³-hybridized carbons (Fsp3) is 0.316. The topological polar surface area (TPSA) is 75.7 Å². The van der Waals surface area contributed by atoms with Gasteiger partial charge in [-0.3, -0.25) is 9.59 Å². The zero-order valence-electron chi connectivity index (χ0n) is 14.4. The average Bonchev–Trinajstić information content (AvgIpc) is 3.33. The number of benzene rings is 1. The number of hydrogen-bond acceptors (Lipinski definition) is 5. The molecule has 1 saturated heterocycles. The van der Waals surface area contributed by atoms with Gasteiger partial charge in [0.25, 0.3) is 11.8 Å². The first-order valence-electron chi connectivity index (χ1n) is 8.42. The molecule has 1 aliphatic heterocycles. The molecule has 0 saturated carbocycles. The van der Waals surface area contributed by atoms with Crippen LogP contribution in [-0.4, -0.2) is 41.9 Å². The molecule has 6 nitrogen and oxygen atoms in total. The van der Waals surface area contributed by atoms with Crippen LogP contribution in [0.1, 0.15) is 28.1 Å². The third kappa shape index (κ3) is 4.29. The third-order valence-corrected chi connectivity index (χ3v) is 5.06. The lowest BCUT2D eigenvalue weighted by Crippen LogP contribution is -2.41. The number of carbonyl (C=O) groups is 3. The van der Waals surface area contributed by atoms with E-state index < -0.39 is 17.9 Å². The van der Waals surface area contributed by atoms with Gasteiger partial charge in [-0.05, 0) is 43.3 Å². The van der Waals surface area contributed by atoms with Gasteiger partial charge >= 0.3 is 5.97 Å². The number of nitrogens with one attached hydrogen (secondary N) is 1. The van der Waals surface area contributed by atoms with Gasteiger partial charge in [0.15, 0.2) is 6.61 Å². The molecule has 1 unspecified atom stereocenters. The molecule has 0 aliphatic carbocycles. The van der Waals surface area contributed by atoms with Crippen LogP contribution in [0, 0.1) is 6.92 Å². The number of anilines is 1. The van der Waals surface area contributed by atoms with Crippen molar-refractivity contribution in [1.29, 1.82) is 0 Å². The lowest BCUT2D eigenvalue weighted by atomic mass is 10.2. The number of thiophene rings is 1. The van der Waals surface area contributed by atoms with Crippen molar-refractivity contribution >= 4 is 34.8 Å². The van der Waals surface area contributed by atoms with Gasteiger partial charge in [0.05, 0.1) is 4.88 Å². The van der Waals surface area contributed by atoms with Crippen molar-refractivity contribution in [2.45, 2.75) is 25.8 Å². The number of amides is 2. The number of ether oxygens (including phenoxy) is 1. The first kappa shape index (κ1) is 18.1. The molecule has 1 N–H and O–H groups in total. The van der Waals surface area contributed by atoms with Gasteiger partial charge in [-0.25, -0.2) is 4.79 Å². The van der Waals surface area contributed by atoms with E-state index in [4.69, 9.17) is 4.74 Å². The van der Waals surface area contributed by atoms with Crippen LogP contribution in [0.2, 0.25) is 0 Å². The monoisotopic (exact) mass is 372 g/mol. The van der Waals surface area contributed by atoms with E-state index in [1.807, 2.05) is 24.4 Å². The highest BCUT2D eigenvalue weighted by Crippen LogP contribution is 2.23. The van der Waals surface area contributed by atoms with E-state index in [2.05, 4.69) is 5.32 Å². The van der Waals surface area contributed by atoms with E-state index in [1.54, 1.807) is 24.3 Å². The minimum absolute atomic E-state index is 0.163. The molecule has 0 bridgehead atoms. The van der Waals surface area contributed by atoms with Crippen LogP contribution in [0.3, 0.4) is 0 Å². The molecule has 1 fully saturated rings. The van der Waals surface area contributed by atoms with Gasteiger partial charge in [-0.1, -0.05) is 23.8 Å². The highest BCUT2D eigenvalue weighted by Gasteiger charge is 2.36. The fourth-order valence-corrected chi connectivity index (χ4v) is 3.54. The van der Waals surface area contributed by atoms with Crippen molar-refractivity contribution in [3.05, 3.63) is 52.2 Å². The molecule has 1 aromatic heterocycles. The summed E-state index contributed by atoms with van der Waals surface area (Å²) in [6.45, 7) is 2.11. The third-order valence-electron chi connectivity index (χ3n) is 4.20. The zero-order chi connectivity index (χ0) is 18.5. The Labute approximate surface area is 155 Å². The molecule has 2 amide bonds. The number of hydrogen-bond donors (Lipinski definition) is 1. The Kier molecular flexibility index (Phi) is 5.68. The molecule has 0 spiro atoms. The maximum atomic E-state index is 12.5. The first-order valence-corrected chi connectivity index (χ1v) is 9.30. The smallest absolute Gasteiger partial charge is 0.329 e. The van der Waals surface area contributed by atoms with Crippen LogP contribution in [-0.2, 0) is 14.3 Å². The van der Waals surface area contributed by atoms with Crippen molar-refractivity contribution in [2.24, 2.45) is 0 Å². The predicted octanol–water partition coefficient (Wildman–Crippen LogP) is 2.84. The Morgan fingerprint density at radius 2 is 2.00 bits per heavy atom. The summed E-state index contributed by atoms with van der Waals surface area (Å²) in [4.78, 5) is 38.9. The Balaban J connectivity index is 1.53. The van der Waals surface area contributed by atoms with Crippen LogP contribution in [0.15, 0.2) is 41.8 Å². The molecule has 26 heavy (non-hydrogen) atoms. The van der Waals surface area contributed by atoms with E-state index in [1.165, 1.54) is 16.2 Å². The maximum absolute atomic E-state index is 12.5. The number of aryl methyl sites for hydroxylation is 1. The van der Waals surface area contributed by atoms with E-state index in [0.29, 0.717) is 23.5 Å². The van der Waals surface area contributed by atoms with Crippen LogP contribution >= 0.6 is 11.3 Å². The molecule has 2 aromatic rings. The van der Waals surface area contributed by atoms with E-state index >= 15 is 0 Å². The second kappa shape index (κ2) is 8.14. The highest BCUT2D eigenvalue weighted by atomic mass is 32.1. The number of likely N-dealkylation sites (tertiary alicyclic amines) is 1. The SMILES string of the molecule is Cc1ccc(NC(=O)COC(=O)C2CCCN2C(=O)c2cccs2)cc1. The van der Waals surface area contributed by atoms with Gasteiger partial charge in [-0.15, -0.1) is 11.3 Å². The fourth-order valence-electron chi connectivity index (χ4n) is 2.86. The summed E-state index contributed by atoms with van der Waals surface area (Å²) >= 11 is 1.34.